The number of hydrogen-bond donors (Lipinski definition) is 1. The summed E-state index contributed by atoms with van der Waals surface area (Å²) in [4.78, 5) is 30.8. The van der Waals surface area contributed by atoms with Crippen LogP contribution in [-0.2, 0) is 46.5 Å². The first kappa shape index (κ1) is 29.0. The summed E-state index contributed by atoms with van der Waals surface area (Å²) in [5.41, 5.74) is 1.59. The lowest BCUT2D eigenvalue weighted by atomic mass is 10.1. The Morgan fingerprint density at radius 1 is 0.944 bits per heavy atom. The zero-order valence-corrected chi connectivity index (χ0v) is 22.5. The van der Waals surface area contributed by atoms with E-state index in [1.54, 1.807) is 33.3 Å². The molecule has 0 spiro atoms. The van der Waals surface area contributed by atoms with Gasteiger partial charge in [-0.05, 0) is 44.7 Å². The van der Waals surface area contributed by atoms with Crippen molar-refractivity contribution < 1.29 is 28.1 Å². The number of nitrogens with zero attached hydrogens (tertiary/aromatic N) is 1. The van der Waals surface area contributed by atoms with Crippen molar-refractivity contribution in [3.63, 3.8) is 0 Å². The molecule has 9 heteroatoms. The number of carbonyl (C=O) groups is 2. The second-order valence-electron chi connectivity index (χ2n) is 9.83. The van der Waals surface area contributed by atoms with E-state index in [0.717, 1.165) is 11.1 Å². The van der Waals surface area contributed by atoms with E-state index in [0.29, 0.717) is 5.71 Å². The van der Waals surface area contributed by atoms with E-state index >= 15 is 0 Å². The van der Waals surface area contributed by atoms with Crippen molar-refractivity contribution in [2.75, 3.05) is 18.3 Å². The smallest absolute Gasteiger partial charge is 0.408 e. The lowest BCUT2D eigenvalue weighted by molar-refractivity contribution is -0.147. The molecule has 2 rings (SSSR count). The molecule has 0 unspecified atom stereocenters. The van der Waals surface area contributed by atoms with Crippen LogP contribution < -0.4 is 5.32 Å². The maximum atomic E-state index is 12.9. The maximum absolute atomic E-state index is 12.9. The molecule has 196 valence electrons. The van der Waals surface area contributed by atoms with Gasteiger partial charge in [-0.15, -0.1) is 4.21 Å². The second-order valence-corrected chi connectivity index (χ2v) is 13.0. The Hall–Kier alpha value is -3.20. The number of esters is 1. The summed E-state index contributed by atoms with van der Waals surface area (Å²) in [5.74, 6) is -0.386. The molecule has 2 aromatic carbocycles. The Morgan fingerprint density at radius 3 is 2.03 bits per heavy atom. The zero-order valence-electron chi connectivity index (χ0n) is 21.7. The molecule has 0 heterocycles. The first-order valence-electron chi connectivity index (χ1n) is 11.7. The Kier molecular flexibility index (Phi) is 11.1. The molecule has 8 nitrogen and oxygen atoms in total. The molecule has 0 saturated heterocycles. The van der Waals surface area contributed by atoms with Gasteiger partial charge in [0.1, 0.15) is 43.1 Å². The van der Waals surface area contributed by atoms with Gasteiger partial charge in [-0.2, -0.15) is 0 Å². The minimum absolute atomic E-state index is 0.0744. The third-order valence-corrected chi connectivity index (χ3v) is 5.73. The van der Waals surface area contributed by atoms with Crippen LogP contribution in [0.1, 0.15) is 44.7 Å². The fourth-order valence-electron chi connectivity index (χ4n) is 3.16. The third-order valence-electron chi connectivity index (χ3n) is 4.70. The summed E-state index contributed by atoms with van der Waals surface area (Å²) in [7, 11) is -2.17. The van der Waals surface area contributed by atoms with Crippen molar-refractivity contribution >= 4 is 27.7 Å². The van der Waals surface area contributed by atoms with Gasteiger partial charge >= 0.3 is 12.1 Å². The van der Waals surface area contributed by atoms with Gasteiger partial charge in [0.25, 0.3) is 0 Å². The quantitative estimate of drug-likeness (QED) is 0.189. The highest BCUT2D eigenvalue weighted by molar-refractivity contribution is 8.02. The standard InChI is InChI=1S/C27H36N2O6S/c1-27(2,3)35-26(31)28-24(25(30)33-18-21-12-8-6-9-13-21)17-16-23(20-36(4,5)32)29-34-19-22-14-10-7-11-15-22/h6-15,24H,16-20H2,1-5H3/p+1/b29-23+/t24-/m0/s1. The molecular weight excluding hydrogens is 480 g/mol. The predicted octanol–water partition coefficient (Wildman–Crippen LogP) is 4.74. The van der Waals surface area contributed by atoms with E-state index in [1.165, 1.54) is 0 Å². The van der Waals surface area contributed by atoms with E-state index in [2.05, 4.69) is 10.5 Å². The Labute approximate surface area is 214 Å². The van der Waals surface area contributed by atoms with E-state index in [1.807, 2.05) is 60.7 Å². The molecule has 36 heavy (non-hydrogen) atoms. The Balaban J connectivity index is 2.09. The van der Waals surface area contributed by atoms with Gasteiger partial charge in [0.15, 0.2) is 5.75 Å². The third kappa shape index (κ3) is 12.5. The van der Waals surface area contributed by atoms with E-state index < -0.39 is 33.6 Å². The number of hydrogen-bond acceptors (Lipinski definition) is 7. The average molecular weight is 518 g/mol. The van der Waals surface area contributed by atoms with Crippen LogP contribution in [0.4, 0.5) is 4.79 Å². The number of benzene rings is 2. The Bertz CT molecular complexity index is 1040. The Morgan fingerprint density at radius 2 is 1.50 bits per heavy atom. The highest BCUT2D eigenvalue weighted by Crippen LogP contribution is 2.12. The van der Waals surface area contributed by atoms with Gasteiger partial charge in [-0.1, -0.05) is 65.8 Å². The number of alkyl carbamates (subject to hydrolysis) is 1. The van der Waals surface area contributed by atoms with Gasteiger partial charge in [-0.25, -0.2) is 9.59 Å². The monoisotopic (exact) mass is 517 g/mol. The number of carbonyl (C=O) groups excluding carboxylic acids is 2. The van der Waals surface area contributed by atoms with Crippen LogP contribution >= 0.6 is 0 Å². The number of oxime groups is 1. The van der Waals surface area contributed by atoms with Gasteiger partial charge in [0, 0.05) is 0 Å². The normalized spacial score (nSPS) is 13.0. The summed E-state index contributed by atoms with van der Waals surface area (Å²) in [5, 5.41) is 6.82. The fraction of sp³-hybridized carbons (Fsp3) is 0.444. The van der Waals surface area contributed by atoms with E-state index in [-0.39, 0.29) is 31.8 Å². The molecule has 0 aliphatic heterocycles. The van der Waals surface area contributed by atoms with Crippen molar-refractivity contribution in [2.24, 2.45) is 5.16 Å². The van der Waals surface area contributed by atoms with Crippen LogP contribution in [0.25, 0.3) is 0 Å². The predicted molar refractivity (Wildman–Crippen MR) is 142 cm³/mol. The molecule has 1 N–H and O–H groups in total. The van der Waals surface area contributed by atoms with Crippen LogP contribution in [0.2, 0.25) is 0 Å². The van der Waals surface area contributed by atoms with E-state index in [4.69, 9.17) is 14.3 Å². The van der Waals surface area contributed by atoms with Crippen LogP contribution in [0.3, 0.4) is 0 Å². The minimum Gasteiger partial charge on any atom is -0.459 e. The van der Waals surface area contributed by atoms with Gasteiger partial charge < -0.3 is 19.6 Å². The topological polar surface area (TPSA) is 103 Å². The summed E-state index contributed by atoms with van der Waals surface area (Å²) >= 11 is 0. The summed E-state index contributed by atoms with van der Waals surface area (Å²) < 4.78 is 23.3. The molecule has 0 bridgehead atoms. The van der Waals surface area contributed by atoms with Gasteiger partial charge in [0.2, 0.25) is 0 Å². The second kappa shape index (κ2) is 13.8. The average Bonchev–Trinajstić information content (AvgIpc) is 2.79. The van der Waals surface area contributed by atoms with Crippen molar-refractivity contribution in [1.29, 1.82) is 0 Å². The molecule has 0 radical (unpaired) electrons. The number of rotatable bonds is 12. The summed E-state index contributed by atoms with van der Waals surface area (Å²) in [6.07, 6.45) is 3.01. The number of ether oxygens (including phenoxy) is 2. The first-order chi connectivity index (χ1) is 16.9. The van der Waals surface area contributed by atoms with Crippen molar-refractivity contribution in [3.8, 4) is 0 Å². The minimum atomic E-state index is -2.17. The van der Waals surface area contributed by atoms with Crippen molar-refractivity contribution in [2.45, 2.75) is 58.5 Å². The molecule has 0 fully saturated rings. The lowest BCUT2D eigenvalue weighted by Gasteiger charge is -2.23. The first-order valence-corrected chi connectivity index (χ1v) is 14.3. The molecular formula is C27H37N2O6S+. The SMILES string of the molecule is CC(C)(C)OC(=O)N[C@@H](CC/C(C[S+](C)(C)=O)=N\OCc1ccccc1)C(=O)OCc1ccccc1. The molecule has 2 aromatic rings. The van der Waals surface area contributed by atoms with Crippen LogP contribution in [0, 0.1) is 0 Å². The molecule has 0 saturated carbocycles. The molecule has 1 atom stereocenters. The highest BCUT2D eigenvalue weighted by atomic mass is 32.2. The maximum Gasteiger partial charge on any atom is 0.408 e. The van der Waals surface area contributed by atoms with Crippen molar-refractivity contribution in [3.05, 3.63) is 71.8 Å². The molecule has 1 amide bonds. The number of nitrogens with one attached hydrogen (secondary N) is 1. The van der Waals surface area contributed by atoms with Crippen LogP contribution in [0.15, 0.2) is 65.8 Å². The van der Waals surface area contributed by atoms with Crippen LogP contribution in [0.5, 0.6) is 0 Å². The molecule has 0 aromatic heterocycles. The summed E-state index contributed by atoms with van der Waals surface area (Å²) in [6, 6.07) is 17.8. The van der Waals surface area contributed by atoms with E-state index in [9.17, 15) is 13.8 Å². The van der Waals surface area contributed by atoms with Gasteiger partial charge in [0.05, 0.1) is 9.93 Å². The summed E-state index contributed by atoms with van der Waals surface area (Å²) in [6.45, 7) is 5.55. The van der Waals surface area contributed by atoms with Crippen LogP contribution in [-0.4, -0.2) is 47.7 Å². The highest BCUT2D eigenvalue weighted by Gasteiger charge is 2.27. The van der Waals surface area contributed by atoms with Gasteiger partial charge in [-0.3, -0.25) is 0 Å². The van der Waals surface area contributed by atoms with Crippen molar-refractivity contribution in [1.82, 2.24) is 5.32 Å². The largest absolute Gasteiger partial charge is 0.459 e. The lowest BCUT2D eigenvalue weighted by Crippen LogP contribution is -2.44. The number of amides is 1. The molecule has 0 aliphatic rings. The zero-order chi connectivity index (χ0) is 26.6. The molecule has 0 aliphatic carbocycles. The fourth-order valence-corrected chi connectivity index (χ4v) is 4.16.